The molecule has 2 aliphatic heterocycles. The second-order valence-corrected chi connectivity index (χ2v) is 7.91. The van der Waals surface area contributed by atoms with Crippen molar-refractivity contribution in [3.8, 4) is 5.75 Å². The molecule has 4 atom stereocenters. The number of hydrogen-bond acceptors (Lipinski definition) is 5. The molecule has 0 saturated carbocycles. The van der Waals surface area contributed by atoms with Gasteiger partial charge >= 0.3 is 5.97 Å². The van der Waals surface area contributed by atoms with E-state index in [4.69, 9.17) is 9.47 Å². The van der Waals surface area contributed by atoms with E-state index in [-0.39, 0.29) is 12.0 Å². The average molecular weight is 384 g/mol. The molecule has 150 valence electrons. The fourth-order valence-corrected chi connectivity index (χ4v) is 5.32. The summed E-state index contributed by atoms with van der Waals surface area (Å²) in [6.45, 7) is 4.02. The Kier molecular flexibility index (Phi) is 5.15. The van der Waals surface area contributed by atoms with Crippen LogP contribution in [0.15, 0.2) is 18.2 Å². The Balaban J connectivity index is 1.74. The molecule has 1 fully saturated rings. The number of ether oxygens (including phenoxy) is 2. The monoisotopic (exact) mass is 384 g/mol. The number of aldehydes is 1. The maximum atomic E-state index is 12.2. The van der Waals surface area contributed by atoms with Crippen molar-refractivity contribution in [3.63, 3.8) is 0 Å². The smallest absolute Gasteiger partial charge is 0.316 e. The van der Waals surface area contributed by atoms with Gasteiger partial charge in [0.25, 0.3) is 0 Å². The molecule has 3 heterocycles. The van der Waals surface area contributed by atoms with Crippen molar-refractivity contribution in [3.05, 3.63) is 29.5 Å². The van der Waals surface area contributed by atoms with Gasteiger partial charge in [-0.15, -0.1) is 0 Å². The molecule has 1 aromatic heterocycles. The highest BCUT2D eigenvalue weighted by molar-refractivity contribution is 5.91. The van der Waals surface area contributed by atoms with E-state index in [9.17, 15) is 9.59 Å². The van der Waals surface area contributed by atoms with Crippen LogP contribution in [-0.4, -0.2) is 49.4 Å². The number of aromatic amines is 1. The third-order valence-corrected chi connectivity index (χ3v) is 6.74. The van der Waals surface area contributed by atoms with E-state index in [1.54, 1.807) is 7.11 Å². The van der Waals surface area contributed by atoms with Crippen LogP contribution in [0.25, 0.3) is 10.9 Å². The van der Waals surface area contributed by atoms with E-state index in [1.165, 1.54) is 18.4 Å². The minimum absolute atomic E-state index is 0.00421. The molecular formula is C22H28N2O4. The Hall–Kier alpha value is -2.34. The first kappa shape index (κ1) is 19.0. The van der Waals surface area contributed by atoms with Crippen molar-refractivity contribution in [2.75, 3.05) is 27.3 Å². The molecule has 6 nitrogen and oxygen atoms in total. The molecule has 28 heavy (non-hydrogen) atoms. The first-order valence-electron chi connectivity index (χ1n) is 10.1. The number of nitrogens with one attached hydrogen (secondary N) is 1. The highest BCUT2D eigenvalue weighted by atomic mass is 16.5. The normalized spacial score (nSPS) is 25.6. The number of benzene rings is 1. The zero-order chi connectivity index (χ0) is 19.8. The highest BCUT2D eigenvalue weighted by Gasteiger charge is 2.44. The number of carbonyl (C=O) groups is 2. The number of methoxy groups -OCH3 is 2. The fraction of sp³-hybridized carbons (Fsp3) is 0.545. The topological polar surface area (TPSA) is 71.6 Å². The largest absolute Gasteiger partial charge is 0.496 e. The Morgan fingerprint density at radius 2 is 2.21 bits per heavy atom. The first-order valence-corrected chi connectivity index (χ1v) is 10.1. The van der Waals surface area contributed by atoms with Gasteiger partial charge in [-0.25, -0.2) is 0 Å². The Bertz CT molecular complexity index is 890. The van der Waals surface area contributed by atoms with Crippen LogP contribution in [0.3, 0.4) is 0 Å². The van der Waals surface area contributed by atoms with Gasteiger partial charge in [-0.1, -0.05) is 19.4 Å². The highest BCUT2D eigenvalue weighted by Crippen LogP contribution is 2.46. The molecule has 0 radical (unpaired) electrons. The quantitative estimate of drug-likeness (QED) is 0.487. The van der Waals surface area contributed by atoms with Crippen molar-refractivity contribution in [1.82, 2.24) is 9.88 Å². The van der Waals surface area contributed by atoms with Crippen LogP contribution in [0.4, 0.5) is 0 Å². The summed E-state index contributed by atoms with van der Waals surface area (Å²) >= 11 is 0. The van der Waals surface area contributed by atoms with Gasteiger partial charge in [0.1, 0.15) is 18.0 Å². The SMILES string of the molecule is CC[C@@H]1CN2CCc3c([nH]c4cccc(OC)c34)[C@@H]2C[C@@H]1C(C=O)C(=O)OC. The van der Waals surface area contributed by atoms with E-state index < -0.39 is 11.9 Å². The van der Waals surface area contributed by atoms with Gasteiger partial charge in [-0.3, -0.25) is 9.69 Å². The molecule has 2 aliphatic rings. The lowest BCUT2D eigenvalue weighted by atomic mass is 9.71. The molecule has 4 rings (SSSR count). The molecule has 0 spiro atoms. The van der Waals surface area contributed by atoms with E-state index in [0.29, 0.717) is 5.92 Å². The molecule has 0 amide bonds. The number of piperidine rings is 1. The summed E-state index contributed by atoms with van der Waals surface area (Å²) < 4.78 is 10.5. The zero-order valence-electron chi connectivity index (χ0n) is 16.7. The summed E-state index contributed by atoms with van der Waals surface area (Å²) in [5.41, 5.74) is 3.60. The zero-order valence-corrected chi connectivity index (χ0v) is 16.7. The second kappa shape index (κ2) is 7.59. The number of aromatic nitrogens is 1. The van der Waals surface area contributed by atoms with Crippen LogP contribution in [0.2, 0.25) is 0 Å². The van der Waals surface area contributed by atoms with Crippen LogP contribution in [0.1, 0.15) is 37.1 Å². The molecule has 1 aromatic carbocycles. The van der Waals surface area contributed by atoms with Gasteiger partial charge in [-0.05, 0) is 42.4 Å². The average Bonchev–Trinajstić information content (AvgIpc) is 3.12. The molecular weight excluding hydrogens is 356 g/mol. The Morgan fingerprint density at radius 1 is 1.39 bits per heavy atom. The lowest BCUT2D eigenvalue weighted by molar-refractivity contribution is -0.151. The van der Waals surface area contributed by atoms with Crippen molar-refractivity contribution in [1.29, 1.82) is 0 Å². The minimum atomic E-state index is -0.693. The van der Waals surface area contributed by atoms with Gasteiger partial charge < -0.3 is 19.3 Å². The molecule has 2 aromatic rings. The summed E-state index contributed by atoms with van der Waals surface area (Å²) in [6.07, 6.45) is 3.48. The maximum Gasteiger partial charge on any atom is 0.316 e. The lowest BCUT2D eigenvalue weighted by Gasteiger charge is -2.47. The van der Waals surface area contributed by atoms with Gasteiger partial charge in [0.15, 0.2) is 0 Å². The first-order chi connectivity index (χ1) is 13.6. The molecule has 1 N–H and O–H groups in total. The summed E-state index contributed by atoms with van der Waals surface area (Å²) in [7, 11) is 3.06. The molecule has 6 heteroatoms. The van der Waals surface area contributed by atoms with E-state index in [2.05, 4.69) is 22.9 Å². The third kappa shape index (κ3) is 2.91. The van der Waals surface area contributed by atoms with E-state index in [0.717, 1.165) is 55.3 Å². The maximum absolute atomic E-state index is 12.2. The van der Waals surface area contributed by atoms with Crippen molar-refractivity contribution >= 4 is 23.2 Å². The third-order valence-electron chi connectivity index (χ3n) is 6.74. The lowest BCUT2D eigenvalue weighted by Crippen LogP contribution is -2.49. The van der Waals surface area contributed by atoms with Crippen molar-refractivity contribution in [2.45, 2.75) is 32.2 Å². The van der Waals surface area contributed by atoms with Crippen LogP contribution < -0.4 is 4.74 Å². The second-order valence-electron chi connectivity index (χ2n) is 7.91. The molecule has 1 unspecified atom stereocenters. The molecule has 0 bridgehead atoms. The van der Waals surface area contributed by atoms with Crippen molar-refractivity contribution < 1.29 is 19.1 Å². The number of H-pyrrole nitrogens is 1. The van der Waals surface area contributed by atoms with Crippen molar-refractivity contribution in [2.24, 2.45) is 17.8 Å². The van der Waals surface area contributed by atoms with Crippen LogP contribution >= 0.6 is 0 Å². The Labute approximate surface area is 165 Å². The van der Waals surface area contributed by atoms with Crippen LogP contribution in [0.5, 0.6) is 5.75 Å². The Morgan fingerprint density at radius 3 is 2.89 bits per heavy atom. The fourth-order valence-electron chi connectivity index (χ4n) is 5.32. The number of rotatable bonds is 5. The number of hydrogen-bond donors (Lipinski definition) is 1. The van der Waals surface area contributed by atoms with E-state index in [1.807, 2.05) is 12.1 Å². The minimum Gasteiger partial charge on any atom is -0.496 e. The molecule has 0 aliphatic carbocycles. The summed E-state index contributed by atoms with van der Waals surface area (Å²) in [5.74, 6) is 0.0895. The summed E-state index contributed by atoms with van der Waals surface area (Å²) in [6, 6.07) is 6.26. The van der Waals surface area contributed by atoms with Gasteiger partial charge in [0, 0.05) is 29.7 Å². The number of nitrogens with zero attached hydrogens (tertiary/aromatic N) is 1. The summed E-state index contributed by atoms with van der Waals surface area (Å²) in [5, 5.41) is 1.16. The van der Waals surface area contributed by atoms with Gasteiger partial charge in [0.2, 0.25) is 0 Å². The predicted molar refractivity (Wildman–Crippen MR) is 106 cm³/mol. The number of carbonyl (C=O) groups excluding carboxylic acids is 2. The van der Waals surface area contributed by atoms with Crippen LogP contribution in [0, 0.1) is 17.8 Å². The molecule has 1 saturated heterocycles. The van der Waals surface area contributed by atoms with Crippen LogP contribution in [-0.2, 0) is 20.7 Å². The summed E-state index contributed by atoms with van der Waals surface area (Å²) in [4.78, 5) is 30.1. The van der Waals surface area contributed by atoms with E-state index >= 15 is 0 Å². The number of fused-ring (bicyclic) bond motifs is 5. The van der Waals surface area contributed by atoms with Gasteiger partial charge in [-0.2, -0.15) is 0 Å². The van der Waals surface area contributed by atoms with Gasteiger partial charge in [0.05, 0.1) is 20.3 Å². The standard InChI is InChI=1S/C22H28N2O4/c1-4-13-11-24-9-8-14-20-17(6-5-7-19(20)27-2)23-21(14)18(24)10-15(13)16(12-25)22(26)28-3/h5-7,12-13,15-16,18,23H,4,8-11H2,1-3H3/t13-,15+,16?,18+/m1/s1. The number of esters is 1. The predicted octanol–water partition coefficient (Wildman–Crippen LogP) is 3.11.